The Hall–Kier alpha value is -1.66. The second-order valence-corrected chi connectivity index (χ2v) is 4.86. The molecule has 0 spiro atoms. The van der Waals surface area contributed by atoms with E-state index < -0.39 is 0 Å². The zero-order valence-electron chi connectivity index (χ0n) is 11.6. The summed E-state index contributed by atoms with van der Waals surface area (Å²) in [6.45, 7) is 3.45. The molecule has 0 radical (unpaired) electrons. The number of nitrogens with one attached hydrogen (secondary N) is 1. The van der Waals surface area contributed by atoms with Crippen LogP contribution in [-0.4, -0.2) is 39.4 Å². The van der Waals surface area contributed by atoms with Crippen LogP contribution in [0.1, 0.15) is 12.7 Å². The SMILES string of the molecule is CCNC(COc1ccc(Cl)cc1)Cc1nnn(C)n1. The van der Waals surface area contributed by atoms with Crippen LogP contribution in [0.15, 0.2) is 24.3 Å². The van der Waals surface area contributed by atoms with Gasteiger partial charge in [0.1, 0.15) is 12.4 Å². The van der Waals surface area contributed by atoms with E-state index >= 15 is 0 Å². The van der Waals surface area contributed by atoms with Crippen molar-refractivity contribution in [2.24, 2.45) is 7.05 Å². The molecule has 2 aromatic rings. The maximum absolute atomic E-state index is 5.84. The quantitative estimate of drug-likeness (QED) is 0.838. The van der Waals surface area contributed by atoms with Crippen molar-refractivity contribution in [3.05, 3.63) is 35.1 Å². The predicted octanol–water partition coefficient (Wildman–Crippen LogP) is 1.46. The van der Waals surface area contributed by atoms with E-state index in [1.165, 1.54) is 4.80 Å². The fraction of sp³-hybridized carbons (Fsp3) is 0.462. The number of halogens is 1. The fourth-order valence-corrected chi connectivity index (χ4v) is 1.96. The minimum absolute atomic E-state index is 0.139. The molecule has 20 heavy (non-hydrogen) atoms. The average Bonchev–Trinajstić information content (AvgIpc) is 2.83. The van der Waals surface area contributed by atoms with E-state index in [0.29, 0.717) is 23.9 Å². The molecule has 1 aromatic heterocycles. The molecular weight excluding hydrogens is 278 g/mol. The second kappa shape index (κ2) is 7.21. The first-order valence-corrected chi connectivity index (χ1v) is 6.89. The molecule has 108 valence electrons. The summed E-state index contributed by atoms with van der Waals surface area (Å²) >= 11 is 5.84. The highest BCUT2D eigenvalue weighted by atomic mass is 35.5. The predicted molar refractivity (Wildman–Crippen MR) is 76.9 cm³/mol. The summed E-state index contributed by atoms with van der Waals surface area (Å²) in [5.41, 5.74) is 0. The summed E-state index contributed by atoms with van der Waals surface area (Å²) < 4.78 is 5.75. The van der Waals surface area contributed by atoms with Crippen molar-refractivity contribution in [1.29, 1.82) is 0 Å². The lowest BCUT2D eigenvalue weighted by atomic mass is 10.2. The first-order chi connectivity index (χ1) is 9.67. The zero-order valence-corrected chi connectivity index (χ0v) is 12.3. The molecule has 1 atom stereocenters. The third kappa shape index (κ3) is 4.47. The Labute approximate surface area is 123 Å². The highest BCUT2D eigenvalue weighted by Gasteiger charge is 2.13. The average molecular weight is 296 g/mol. The summed E-state index contributed by atoms with van der Waals surface area (Å²) in [6.07, 6.45) is 0.676. The van der Waals surface area contributed by atoms with Crippen LogP contribution in [0.25, 0.3) is 0 Å². The number of hydrogen-bond acceptors (Lipinski definition) is 5. The highest BCUT2D eigenvalue weighted by Crippen LogP contribution is 2.15. The first-order valence-electron chi connectivity index (χ1n) is 6.52. The maximum Gasteiger partial charge on any atom is 0.176 e. The van der Waals surface area contributed by atoms with Crippen LogP contribution in [0.3, 0.4) is 0 Å². The standard InChI is InChI=1S/C13H18ClN5O/c1-3-15-11(8-13-16-18-19(2)17-13)9-20-12-6-4-10(14)5-7-12/h4-7,11,15H,3,8-9H2,1-2H3. The lowest BCUT2D eigenvalue weighted by Gasteiger charge is -2.17. The van der Waals surface area contributed by atoms with Gasteiger partial charge in [-0.2, -0.15) is 4.80 Å². The Morgan fingerprint density at radius 2 is 2.10 bits per heavy atom. The van der Waals surface area contributed by atoms with E-state index in [1.807, 2.05) is 24.3 Å². The lowest BCUT2D eigenvalue weighted by molar-refractivity contribution is 0.263. The molecule has 0 aliphatic rings. The van der Waals surface area contributed by atoms with Crippen LogP contribution in [0.5, 0.6) is 5.75 Å². The largest absolute Gasteiger partial charge is 0.492 e. The van der Waals surface area contributed by atoms with Crippen molar-refractivity contribution in [2.45, 2.75) is 19.4 Å². The second-order valence-electron chi connectivity index (χ2n) is 4.42. The third-order valence-electron chi connectivity index (χ3n) is 2.74. The molecule has 0 amide bonds. The molecule has 1 aromatic carbocycles. The molecule has 1 unspecified atom stereocenters. The van der Waals surface area contributed by atoms with Crippen molar-refractivity contribution < 1.29 is 4.74 Å². The van der Waals surface area contributed by atoms with Gasteiger partial charge in [-0.1, -0.05) is 18.5 Å². The third-order valence-corrected chi connectivity index (χ3v) is 2.99. The Kier molecular flexibility index (Phi) is 5.31. The number of benzene rings is 1. The molecule has 0 saturated carbocycles. The number of hydrogen-bond donors (Lipinski definition) is 1. The van der Waals surface area contributed by atoms with Gasteiger partial charge < -0.3 is 10.1 Å². The minimum atomic E-state index is 0.139. The topological polar surface area (TPSA) is 64.9 Å². The van der Waals surface area contributed by atoms with E-state index in [0.717, 1.165) is 12.3 Å². The van der Waals surface area contributed by atoms with Gasteiger partial charge in [0.25, 0.3) is 0 Å². The summed E-state index contributed by atoms with van der Waals surface area (Å²) in [5.74, 6) is 1.50. The Balaban J connectivity index is 1.90. The Bertz CT molecular complexity index is 528. The normalized spacial score (nSPS) is 12.3. The molecule has 6 nitrogen and oxygen atoms in total. The van der Waals surface area contributed by atoms with E-state index in [1.54, 1.807) is 7.05 Å². The van der Waals surface area contributed by atoms with Gasteiger partial charge in [-0.3, -0.25) is 0 Å². The molecule has 1 N–H and O–H groups in total. The van der Waals surface area contributed by atoms with Gasteiger partial charge in [-0.05, 0) is 36.0 Å². The number of tetrazole rings is 1. The van der Waals surface area contributed by atoms with Crippen molar-refractivity contribution in [3.63, 3.8) is 0 Å². The smallest absolute Gasteiger partial charge is 0.176 e. The maximum atomic E-state index is 5.84. The molecule has 0 aliphatic heterocycles. The molecule has 1 heterocycles. The number of ether oxygens (including phenoxy) is 1. The minimum Gasteiger partial charge on any atom is -0.492 e. The van der Waals surface area contributed by atoms with E-state index in [-0.39, 0.29) is 6.04 Å². The monoisotopic (exact) mass is 295 g/mol. The van der Waals surface area contributed by atoms with Crippen LogP contribution in [0.2, 0.25) is 5.02 Å². The van der Waals surface area contributed by atoms with E-state index in [9.17, 15) is 0 Å². The molecule has 0 bridgehead atoms. The van der Waals surface area contributed by atoms with Crippen LogP contribution >= 0.6 is 11.6 Å². The van der Waals surface area contributed by atoms with Gasteiger partial charge in [0.2, 0.25) is 0 Å². The number of aryl methyl sites for hydroxylation is 1. The van der Waals surface area contributed by atoms with Crippen molar-refractivity contribution >= 4 is 11.6 Å². The Morgan fingerprint density at radius 1 is 1.35 bits per heavy atom. The molecule has 0 aliphatic carbocycles. The number of nitrogens with zero attached hydrogens (tertiary/aromatic N) is 4. The summed E-state index contributed by atoms with van der Waals surface area (Å²) in [6, 6.07) is 7.46. The van der Waals surface area contributed by atoms with Gasteiger partial charge in [0.05, 0.1) is 7.05 Å². The number of likely N-dealkylation sites (N-methyl/N-ethyl adjacent to an activating group) is 1. The van der Waals surface area contributed by atoms with Crippen LogP contribution in [-0.2, 0) is 13.5 Å². The van der Waals surface area contributed by atoms with Crippen molar-refractivity contribution in [3.8, 4) is 5.75 Å². The van der Waals surface area contributed by atoms with Gasteiger partial charge in [-0.25, -0.2) is 0 Å². The van der Waals surface area contributed by atoms with Crippen LogP contribution in [0.4, 0.5) is 0 Å². The van der Waals surface area contributed by atoms with Crippen molar-refractivity contribution in [2.75, 3.05) is 13.2 Å². The first kappa shape index (κ1) is 14.7. The van der Waals surface area contributed by atoms with E-state index in [4.69, 9.17) is 16.3 Å². The fourth-order valence-electron chi connectivity index (χ4n) is 1.83. The molecule has 2 rings (SSSR count). The number of aromatic nitrogens is 4. The summed E-state index contributed by atoms with van der Waals surface area (Å²) in [5, 5.41) is 16.1. The van der Waals surface area contributed by atoms with Gasteiger partial charge >= 0.3 is 0 Å². The summed E-state index contributed by atoms with van der Waals surface area (Å²) in [7, 11) is 1.75. The molecule has 0 saturated heterocycles. The Morgan fingerprint density at radius 3 is 2.70 bits per heavy atom. The van der Waals surface area contributed by atoms with Gasteiger partial charge in [0.15, 0.2) is 5.82 Å². The summed E-state index contributed by atoms with van der Waals surface area (Å²) in [4.78, 5) is 1.46. The van der Waals surface area contributed by atoms with Crippen LogP contribution in [0, 0.1) is 0 Å². The van der Waals surface area contributed by atoms with E-state index in [2.05, 4.69) is 27.7 Å². The molecule has 7 heteroatoms. The van der Waals surface area contributed by atoms with Gasteiger partial charge in [-0.15, -0.1) is 10.2 Å². The highest BCUT2D eigenvalue weighted by molar-refractivity contribution is 6.30. The van der Waals surface area contributed by atoms with Gasteiger partial charge in [0, 0.05) is 17.5 Å². The number of rotatable bonds is 7. The zero-order chi connectivity index (χ0) is 14.4. The van der Waals surface area contributed by atoms with Crippen molar-refractivity contribution in [1.82, 2.24) is 25.5 Å². The van der Waals surface area contributed by atoms with Crippen LogP contribution < -0.4 is 10.1 Å². The molecular formula is C13H18ClN5O. The molecule has 0 fully saturated rings. The lowest BCUT2D eigenvalue weighted by Crippen LogP contribution is -2.36.